The van der Waals surface area contributed by atoms with Crippen LogP contribution >= 0.6 is 11.3 Å². The first-order chi connectivity index (χ1) is 9.33. The minimum absolute atomic E-state index is 0.333. The second-order valence-electron chi connectivity index (χ2n) is 5.78. The van der Waals surface area contributed by atoms with Crippen molar-refractivity contribution in [1.29, 1.82) is 0 Å². The maximum absolute atomic E-state index is 12.5. The summed E-state index contributed by atoms with van der Waals surface area (Å²) < 4.78 is 0. The van der Waals surface area contributed by atoms with Gasteiger partial charge < -0.3 is 10.2 Å². The van der Waals surface area contributed by atoms with Crippen LogP contribution in [0, 0.1) is 5.92 Å². The lowest BCUT2D eigenvalue weighted by Gasteiger charge is -2.30. The van der Waals surface area contributed by atoms with E-state index >= 15 is 0 Å². The molecule has 1 aromatic heterocycles. The Hall–Kier alpha value is -0.870. The van der Waals surface area contributed by atoms with Gasteiger partial charge in [-0.25, -0.2) is 0 Å². The summed E-state index contributed by atoms with van der Waals surface area (Å²) in [7, 11) is 0. The number of amides is 1. The Morgan fingerprint density at radius 2 is 2.11 bits per heavy atom. The highest BCUT2D eigenvalue weighted by atomic mass is 32.1. The highest BCUT2D eigenvalue weighted by molar-refractivity contribution is 7.07. The number of thiophene rings is 1. The van der Waals surface area contributed by atoms with Crippen molar-refractivity contribution >= 4 is 17.2 Å². The van der Waals surface area contributed by atoms with Crippen LogP contribution in [-0.2, 0) is 11.2 Å². The number of carbonyl (C=O) groups is 1. The predicted molar refractivity (Wildman–Crippen MR) is 78.4 cm³/mol. The predicted octanol–water partition coefficient (Wildman–Crippen LogP) is 2.28. The fourth-order valence-electron chi connectivity index (χ4n) is 2.85. The molecule has 1 saturated heterocycles. The molecule has 0 radical (unpaired) electrons. The number of hydrogen-bond donors (Lipinski definition) is 1. The van der Waals surface area contributed by atoms with Gasteiger partial charge in [-0.05, 0) is 67.1 Å². The van der Waals surface area contributed by atoms with E-state index in [1.54, 1.807) is 11.3 Å². The van der Waals surface area contributed by atoms with Crippen molar-refractivity contribution in [2.45, 2.75) is 38.1 Å². The number of hydrogen-bond acceptors (Lipinski definition) is 3. The van der Waals surface area contributed by atoms with Crippen LogP contribution in [0.2, 0.25) is 0 Å². The first-order valence-electron chi connectivity index (χ1n) is 7.34. The Morgan fingerprint density at radius 1 is 1.32 bits per heavy atom. The van der Waals surface area contributed by atoms with Crippen molar-refractivity contribution < 1.29 is 4.79 Å². The molecular weight excluding hydrogens is 256 g/mol. The summed E-state index contributed by atoms with van der Waals surface area (Å²) in [5, 5.41) is 7.54. The van der Waals surface area contributed by atoms with E-state index < -0.39 is 0 Å². The molecule has 104 valence electrons. The van der Waals surface area contributed by atoms with E-state index in [0.29, 0.717) is 24.3 Å². The Kier molecular flexibility index (Phi) is 4.18. The topological polar surface area (TPSA) is 32.3 Å². The fraction of sp³-hybridized carbons (Fsp3) is 0.667. The third-order valence-corrected chi connectivity index (χ3v) is 4.89. The lowest BCUT2D eigenvalue weighted by atomic mass is 9.97. The van der Waals surface area contributed by atoms with Gasteiger partial charge in [-0.15, -0.1) is 0 Å². The zero-order valence-electron chi connectivity index (χ0n) is 11.3. The molecule has 0 atom stereocenters. The number of carbonyl (C=O) groups excluding carboxylic acids is 1. The average molecular weight is 278 g/mol. The van der Waals surface area contributed by atoms with Gasteiger partial charge in [-0.1, -0.05) is 0 Å². The summed E-state index contributed by atoms with van der Waals surface area (Å²) >= 11 is 1.67. The van der Waals surface area contributed by atoms with Gasteiger partial charge in [0.2, 0.25) is 5.91 Å². The van der Waals surface area contributed by atoms with Gasteiger partial charge in [0.05, 0.1) is 6.42 Å². The van der Waals surface area contributed by atoms with Crippen LogP contribution in [0.1, 0.15) is 31.2 Å². The average Bonchev–Trinajstić information content (AvgIpc) is 3.15. The van der Waals surface area contributed by atoms with Crippen LogP contribution in [0.15, 0.2) is 16.8 Å². The third-order valence-electron chi connectivity index (χ3n) is 4.16. The molecule has 0 unspecified atom stereocenters. The molecule has 0 spiro atoms. The van der Waals surface area contributed by atoms with Crippen LogP contribution < -0.4 is 5.32 Å². The summed E-state index contributed by atoms with van der Waals surface area (Å²) in [6.07, 6.45) is 5.44. The Bertz CT molecular complexity index is 408. The van der Waals surface area contributed by atoms with Crippen LogP contribution in [-0.4, -0.2) is 36.5 Å². The molecule has 1 aromatic rings. The maximum atomic E-state index is 12.5. The van der Waals surface area contributed by atoms with E-state index in [2.05, 4.69) is 27.0 Å². The normalized spacial score (nSPS) is 20.4. The van der Waals surface area contributed by atoms with Gasteiger partial charge in [0.1, 0.15) is 0 Å². The molecule has 3 nitrogen and oxygen atoms in total. The summed E-state index contributed by atoms with van der Waals surface area (Å²) in [6, 6.07) is 2.61. The van der Waals surface area contributed by atoms with Crippen LogP contribution in [0.3, 0.4) is 0 Å². The molecule has 4 heteroatoms. The molecule has 0 bridgehead atoms. The van der Waals surface area contributed by atoms with Crippen molar-refractivity contribution in [3.05, 3.63) is 22.4 Å². The van der Waals surface area contributed by atoms with Gasteiger partial charge in [-0.2, -0.15) is 11.3 Å². The monoisotopic (exact) mass is 278 g/mol. The number of piperidine rings is 1. The molecule has 19 heavy (non-hydrogen) atoms. The van der Waals surface area contributed by atoms with Gasteiger partial charge in [0, 0.05) is 12.6 Å². The maximum Gasteiger partial charge on any atom is 0.227 e. The summed E-state index contributed by atoms with van der Waals surface area (Å²) in [5.74, 6) is 1.03. The molecule has 3 rings (SSSR count). The van der Waals surface area contributed by atoms with Gasteiger partial charge in [0.15, 0.2) is 0 Å². The van der Waals surface area contributed by atoms with Crippen LogP contribution in [0.25, 0.3) is 0 Å². The van der Waals surface area contributed by atoms with Crippen molar-refractivity contribution in [2.24, 2.45) is 5.92 Å². The first kappa shape index (κ1) is 13.1. The van der Waals surface area contributed by atoms with Gasteiger partial charge in [0.25, 0.3) is 0 Å². The molecule has 1 saturated carbocycles. The molecule has 2 heterocycles. The van der Waals surface area contributed by atoms with Gasteiger partial charge >= 0.3 is 0 Å². The second kappa shape index (κ2) is 6.06. The summed E-state index contributed by atoms with van der Waals surface area (Å²) in [4.78, 5) is 14.7. The van der Waals surface area contributed by atoms with Crippen molar-refractivity contribution in [2.75, 3.05) is 19.6 Å². The van der Waals surface area contributed by atoms with Gasteiger partial charge in [-0.3, -0.25) is 4.79 Å². The minimum Gasteiger partial charge on any atom is -0.339 e. The minimum atomic E-state index is 0.333. The number of nitrogens with one attached hydrogen (secondary N) is 1. The molecule has 0 aromatic carbocycles. The van der Waals surface area contributed by atoms with E-state index in [0.717, 1.165) is 19.6 Å². The molecule has 2 aliphatic rings. The zero-order valence-corrected chi connectivity index (χ0v) is 12.1. The zero-order chi connectivity index (χ0) is 13.1. The van der Waals surface area contributed by atoms with E-state index in [4.69, 9.17) is 0 Å². The Balaban J connectivity index is 1.58. The highest BCUT2D eigenvalue weighted by Crippen LogP contribution is 2.29. The highest BCUT2D eigenvalue weighted by Gasteiger charge is 2.34. The standard InChI is InChI=1S/C15H22N2OS/c18-15(9-13-5-8-19-11-13)17(14-1-2-14)10-12-3-6-16-7-4-12/h5,8,11-12,14,16H,1-4,6-7,9-10H2. The van der Waals surface area contributed by atoms with E-state index in [-0.39, 0.29) is 0 Å². The SMILES string of the molecule is O=C(Cc1ccsc1)N(CC1CCNCC1)C1CC1. The summed E-state index contributed by atoms with van der Waals surface area (Å²) in [5.41, 5.74) is 1.17. The first-order valence-corrected chi connectivity index (χ1v) is 8.28. The molecule has 2 fully saturated rings. The van der Waals surface area contributed by atoms with Crippen molar-refractivity contribution in [1.82, 2.24) is 10.2 Å². The smallest absolute Gasteiger partial charge is 0.227 e. The lowest BCUT2D eigenvalue weighted by Crippen LogP contribution is -2.41. The Morgan fingerprint density at radius 3 is 2.74 bits per heavy atom. The lowest BCUT2D eigenvalue weighted by molar-refractivity contribution is -0.131. The van der Waals surface area contributed by atoms with Crippen LogP contribution in [0.4, 0.5) is 0 Å². The third kappa shape index (κ3) is 3.57. The molecular formula is C15H22N2OS. The number of nitrogens with zero attached hydrogens (tertiary/aromatic N) is 1. The van der Waals surface area contributed by atoms with Crippen molar-refractivity contribution in [3.8, 4) is 0 Å². The quantitative estimate of drug-likeness (QED) is 0.896. The van der Waals surface area contributed by atoms with Crippen LogP contribution in [0.5, 0.6) is 0 Å². The second-order valence-corrected chi connectivity index (χ2v) is 6.56. The molecule has 1 aliphatic heterocycles. The molecule has 1 amide bonds. The fourth-order valence-corrected chi connectivity index (χ4v) is 3.52. The number of rotatable bonds is 5. The molecule has 1 aliphatic carbocycles. The van der Waals surface area contributed by atoms with E-state index in [1.807, 2.05) is 0 Å². The largest absolute Gasteiger partial charge is 0.339 e. The van der Waals surface area contributed by atoms with E-state index in [9.17, 15) is 4.79 Å². The van der Waals surface area contributed by atoms with E-state index in [1.165, 1.54) is 31.2 Å². The summed E-state index contributed by atoms with van der Waals surface area (Å²) in [6.45, 7) is 3.21. The Labute approximate surface area is 119 Å². The van der Waals surface area contributed by atoms with Crippen molar-refractivity contribution in [3.63, 3.8) is 0 Å². The molecule has 1 N–H and O–H groups in total.